The van der Waals surface area contributed by atoms with Crippen LogP contribution in [-0.2, 0) is 11.3 Å². The van der Waals surface area contributed by atoms with Crippen molar-refractivity contribution in [3.63, 3.8) is 0 Å². The molecule has 5 nitrogen and oxygen atoms in total. The van der Waals surface area contributed by atoms with E-state index in [1.54, 1.807) is 24.4 Å². The van der Waals surface area contributed by atoms with Gasteiger partial charge in [0.25, 0.3) is 0 Å². The minimum atomic E-state index is -0.146. The summed E-state index contributed by atoms with van der Waals surface area (Å²) in [5, 5.41) is 0.933. The van der Waals surface area contributed by atoms with Crippen LogP contribution in [0, 0.1) is 12.3 Å². The summed E-state index contributed by atoms with van der Waals surface area (Å²) < 4.78 is 6.27. The Bertz CT molecular complexity index is 1360. The van der Waals surface area contributed by atoms with Crippen LogP contribution in [0.5, 0.6) is 5.75 Å². The topological polar surface area (TPSA) is 55.3 Å². The van der Waals surface area contributed by atoms with Gasteiger partial charge in [0.1, 0.15) is 11.3 Å². The number of hydrogen-bond donors (Lipinski definition) is 0. The van der Waals surface area contributed by atoms with Crippen molar-refractivity contribution in [2.24, 2.45) is 5.41 Å². The highest BCUT2D eigenvalue weighted by Crippen LogP contribution is 2.30. The van der Waals surface area contributed by atoms with Crippen LogP contribution in [0.2, 0.25) is 0 Å². The first kappa shape index (κ1) is 24.9. The van der Waals surface area contributed by atoms with Crippen LogP contribution in [0.3, 0.4) is 0 Å². The third-order valence-corrected chi connectivity index (χ3v) is 6.24. The number of halogens is 1. The molecule has 2 aromatic heterocycles. The first-order valence-electron chi connectivity index (χ1n) is 11.6. The molecule has 2 heterocycles. The molecule has 0 aliphatic carbocycles. The molecule has 0 N–H and O–H groups in total. The molecule has 0 aliphatic rings. The maximum atomic E-state index is 13.5. The molecule has 0 atom stereocenters. The smallest absolute Gasteiger partial charge is 0.229 e. The van der Waals surface area contributed by atoms with Crippen LogP contribution >= 0.6 is 15.9 Å². The predicted octanol–water partition coefficient (Wildman–Crippen LogP) is 7.35. The largest absolute Gasteiger partial charge is 0.496 e. The van der Waals surface area contributed by atoms with Crippen molar-refractivity contribution in [3.05, 3.63) is 82.6 Å². The van der Waals surface area contributed by atoms with Gasteiger partial charge in [0.2, 0.25) is 5.91 Å². The quantitative estimate of drug-likeness (QED) is 0.261. The molecule has 35 heavy (non-hydrogen) atoms. The zero-order valence-electron chi connectivity index (χ0n) is 20.8. The van der Waals surface area contributed by atoms with Gasteiger partial charge in [0.05, 0.1) is 13.7 Å². The molecule has 4 rings (SSSR count). The van der Waals surface area contributed by atoms with Crippen molar-refractivity contribution in [3.8, 4) is 16.9 Å². The molecule has 0 radical (unpaired) electrons. The molecule has 2 aromatic carbocycles. The Kier molecular flexibility index (Phi) is 7.22. The predicted molar refractivity (Wildman–Crippen MR) is 146 cm³/mol. The Morgan fingerprint density at radius 3 is 2.37 bits per heavy atom. The maximum Gasteiger partial charge on any atom is 0.229 e. The first-order chi connectivity index (χ1) is 16.6. The van der Waals surface area contributed by atoms with Crippen LogP contribution in [0.15, 0.2) is 71.5 Å². The Morgan fingerprint density at radius 2 is 1.71 bits per heavy atom. The number of hydrogen-bond acceptors (Lipinski definition) is 4. The number of amides is 1. The summed E-state index contributed by atoms with van der Waals surface area (Å²) in [6.07, 6.45) is 3.88. The second kappa shape index (κ2) is 10.2. The van der Waals surface area contributed by atoms with Crippen molar-refractivity contribution in [2.45, 2.75) is 40.7 Å². The summed E-state index contributed by atoms with van der Waals surface area (Å²) in [6.45, 7) is 8.67. The van der Waals surface area contributed by atoms with Crippen LogP contribution in [0.1, 0.15) is 38.3 Å². The molecule has 0 aliphatic heterocycles. The number of carbonyl (C=O) groups excluding carboxylic acids is 1. The van der Waals surface area contributed by atoms with Gasteiger partial charge in [-0.05, 0) is 74.8 Å². The summed E-state index contributed by atoms with van der Waals surface area (Å²) in [7, 11) is 1.68. The second-order valence-electron chi connectivity index (χ2n) is 9.96. The lowest BCUT2D eigenvalue weighted by molar-refractivity contribution is -0.120. The molecule has 6 heteroatoms. The van der Waals surface area contributed by atoms with E-state index >= 15 is 0 Å². The fourth-order valence-corrected chi connectivity index (χ4v) is 4.44. The monoisotopic (exact) mass is 531 g/mol. The van der Waals surface area contributed by atoms with E-state index in [1.807, 2.05) is 25.1 Å². The van der Waals surface area contributed by atoms with Gasteiger partial charge < -0.3 is 4.74 Å². The molecule has 0 saturated heterocycles. The minimum absolute atomic E-state index is 0.0251. The number of ether oxygens (including phenoxy) is 1. The Morgan fingerprint density at radius 1 is 1.00 bits per heavy atom. The van der Waals surface area contributed by atoms with E-state index in [2.05, 4.69) is 83.1 Å². The molecule has 0 bridgehead atoms. The van der Waals surface area contributed by atoms with E-state index < -0.39 is 0 Å². The molecule has 0 saturated carbocycles. The van der Waals surface area contributed by atoms with Gasteiger partial charge in [-0.15, -0.1) is 0 Å². The van der Waals surface area contributed by atoms with Gasteiger partial charge in [0.15, 0.2) is 5.82 Å². The standard InChI is InChI=1S/C29H30BrN3O2/c1-19-14-22(10-11-25(19)35-5)21-8-6-20(7-9-21)18-33(26(34)16-29(2,3)4)28-27-23(12-13-31-28)15-24(30)17-32-27/h6-15,17H,16,18H2,1-5H3. The first-order valence-corrected chi connectivity index (χ1v) is 12.4. The van der Waals surface area contributed by atoms with Crippen LogP contribution < -0.4 is 9.64 Å². The summed E-state index contributed by atoms with van der Waals surface area (Å²) in [5.74, 6) is 1.48. The number of methoxy groups -OCH3 is 1. The van der Waals surface area contributed by atoms with E-state index in [-0.39, 0.29) is 11.3 Å². The minimum Gasteiger partial charge on any atom is -0.496 e. The molecule has 4 aromatic rings. The summed E-state index contributed by atoms with van der Waals surface area (Å²) >= 11 is 3.48. The zero-order valence-corrected chi connectivity index (χ0v) is 22.4. The zero-order chi connectivity index (χ0) is 25.2. The van der Waals surface area contributed by atoms with Gasteiger partial charge in [-0.3, -0.25) is 14.7 Å². The van der Waals surface area contributed by atoms with E-state index in [0.29, 0.717) is 24.3 Å². The third-order valence-electron chi connectivity index (χ3n) is 5.81. The van der Waals surface area contributed by atoms with Gasteiger partial charge in [0, 0.05) is 28.7 Å². The van der Waals surface area contributed by atoms with Crippen LogP contribution in [0.4, 0.5) is 5.82 Å². The second-order valence-corrected chi connectivity index (χ2v) is 10.9. The van der Waals surface area contributed by atoms with E-state index in [0.717, 1.165) is 37.9 Å². The fraction of sp³-hybridized carbons (Fsp3) is 0.276. The van der Waals surface area contributed by atoms with Gasteiger partial charge in [-0.1, -0.05) is 51.1 Å². The normalized spacial score (nSPS) is 11.5. The molecular formula is C29H30BrN3O2. The van der Waals surface area contributed by atoms with Gasteiger partial charge in [-0.25, -0.2) is 4.98 Å². The van der Waals surface area contributed by atoms with E-state index in [9.17, 15) is 4.79 Å². The number of carbonyl (C=O) groups is 1. The lowest BCUT2D eigenvalue weighted by Crippen LogP contribution is -2.34. The van der Waals surface area contributed by atoms with Gasteiger partial charge >= 0.3 is 0 Å². The number of aromatic nitrogens is 2. The average molecular weight is 532 g/mol. The Labute approximate surface area is 215 Å². The molecule has 0 spiro atoms. The number of benzene rings is 2. The molecule has 0 fully saturated rings. The van der Waals surface area contributed by atoms with Crippen molar-refractivity contribution in [1.82, 2.24) is 9.97 Å². The molecule has 180 valence electrons. The van der Waals surface area contributed by atoms with E-state index in [1.165, 1.54) is 0 Å². The van der Waals surface area contributed by atoms with Crippen molar-refractivity contribution >= 4 is 38.6 Å². The number of aryl methyl sites for hydroxylation is 1. The van der Waals surface area contributed by atoms with Crippen molar-refractivity contribution < 1.29 is 9.53 Å². The molecular weight excluding hydrogens is 502 g/mol. The number of nitrogens with zero attached hydrogens (tertiary/aromatic N) is 3. The summed E-state index contributed by atoms with van der Waals surface area (Å²) in [5.41, 5.74) is 4.92. The number of rotatable bonds is 6. The lowest BCUT2D eigenvalue weighted by atomic mass is 9.91. The Balaban J connectivity index is 1.68. The summed E-state index contributed by atoms with van der Waals surface area (Å²) in [6, 6.07) is 18.4. The lowest BCUT2D eigenvalue weighted by Gasteiger charge is -2.27. The number of pyridine rings is 2. The molecule has 1 amide bonds. The van der Waals surface area contributed by atoms with Crippen LogP contribution in [-0.4, -0.2) is 23.0 Å². The highest BCUT2D eigenvalue weighted by molar-refractivity contribution is 9.10. The summed E-state index contributed by atoms with van der Waals surface area (Å²) in [4.78, 5) is 24.4. The van der Waals surface area contributed by atoms with Gasteiger partial charge in [-0.2, -0.15) is 0 Å². The maximum absolute atomic E-state index is 13.5. The fourth-order valence-electron chi connectivity index (χ4n) is 4.09. The van der Waals surface area contributed by atoms with Crippen molar-refractivity contribution in [2.75, 3.05) is 12.0 Å². The van der Waals surface area contributed by atoms with Crippen molar-refractivity contribution in [1.29, 1.82) is 0 Å². The highest BCUT2D eigenvalue weighted by atomic mass is 79.9. The average Bonchev–Trinajstić information content (AvgIpc) is 2.81. The third kappa shape index (κ3) is 5.88. The number of fused-ring (bicyclic) bond motifs is 1. The van der Waals surface area contributed by atoms with E-state index in [4.69, 9.17) is 4.74 Å². The SMILES string of the molecule is COc1ccc(-c2ccc(CN(C(=O)CC(C)(C)C)c3nccc4cc(Br)cnc34)cc2)cc1C. The van der Waals surface area contributed by atoms with Crippen LogP contribution in [0.25, 0.3) is 22.0 Å². The number of anilines is 1. The molecule has 0 unspecified atom stereocenters. The highest BCUT2D eigenvalue weighted by Gasteiger charge is 2.25. The Hall–Kier alpha value is -3.25.